The van der Waals surface area contributed by atoms with E-state index in [1.807, 2.05) is 4.72 Å². The zero-order chi connectivity index (χ0) is 14.5. The van der Waals surface area contributed by atoms with Crippen LogP contribution in [0.4, 0.5) is 18.9 Å². The van der Waals surface area contributed by atoms with Gasteiger partial charge in [-0.1, -0.05) is 12.1 Å². The second kappa shape index (κ2) is 6.25. The van der Waals surface area contributed by atoms with Crippen molar-refractivity contribution in [3.8, 4) is 0 Å². The summed E-state index contributed by atoms with van der Waals surface area (Å²) in [6.45, 7) is 1.63. The molecule has 2 N–H and O–H groups in total. The van der Waals surface area contributed by atoms with E-state index >= 15 is 0 Å². The van der Waals surface area contributed by atoms with Gasteiger partial charge in [0.2, 0.25) is 10.0 Å². The number of para-hydroxylation sites is 1. The number of benzene rings is 1. The second-order valence-corrected chi connectivity index (χ2v) is 5.52. The molecule has 0 atom stereocenters. The highest BCUT2D eigenvalue weighted by Gasteiger charge is 2.28. The van der Waals surface area contributed by atoms with Crippen molar-refractivity contribution in [2.75, 3.05) is 18.4 Å². The number of nitrogens with one attached hydrogen (secondary N) is 2. The number of rotatable bonds is 6. The number of sulfonamides is 1. The van der Waals surface area contributed by atoms with Crippen LogP contribution in [0.15, 0.2) is 29.2 Å². The predicted molar refractivity (Wildman–Crippen MR) is 66.5 cm³/mol. The zero-order valence-corrected chi connectivity index (χ0v) is 11.1. The average Bonchev–Trinajstić information content (AvgIpc) is 2.28. The summed E-state index contributed by atoms with van der Waals surface area (Å²) in [5.41, 5.74) is 0.365. The van der Waals surface area contributed by atoms with Gasteiger partial charge in [-0.3, -0.25) is 0 Å². The largest absolute Gasteiger partial charge is 0.390 e. The molecule has 108 valence electrons. The van der Waals surface area contributed by atoms with E-state index in [1.54, 1.807) is 19.1 Å². The van der Waals surface area contributed by atoms with Gasteiger partial charge in [0.1, 0.15) is 4.90 Å². The molecule has 8 heteroatoms. The number of anilines is 1. The molecule has 1 aromatic carbocycles. The second-order valence-electron chi connectivity index (χ2n) is 3.79. The molecule has 0 saturated heterocycles. The lowest BCUT2D eigenvalue weighted by atomic mass is 10.3. The lowest BCUT2D eigenvalue weighted by molar-refractivity contribution is -0.132. The number of hydrogen-bond acceptors (Lipinski definition) is 3. The van der Waals surface area contributed by atoms with Crippen LogP contribution in [-0.4, -0.2) is 27.7 Å². The maximum absolute atomic E-state index is 12.0. The van der Waals surface area contributed by atoms with Crippen molar-refractivity contribution in [1.29, 1.82) is 0 Å². The summed E-state index contributed by atoms with van der Waals surface area (Å²) in [6.07, 6.45) is -5.58. The molecule has 0 aliphatic heterocycles. The van der Waals surface area contributed by atoms with E-state index in [2.05, 4.69) is 5.32 Å². The third-order valence-electron chi connectivity index (χ3n) is 2.24. The first-order valence-electron chi connectivity index (χ1n) is 5.65. The molecule has 0 heterocycles. The Kier molecular flexibility index (Phi) is 5.19. The van der Waals surface area contributed by atoms with Gasteiger partial charge in [0.05, 0.1) is 12.1 Å². The average molecular weight is 296 g/mol. The first kappa shape index (κ1) is 15.8. The molecule has 4 nitrogen and oxygen atoms in total. The fourth-order valence-electron chi connectivity index (χ4n) is 1.44. The van der Waals surface area contributed by atoms with Crippen LogP contribution < -0.4 is 10.0 Å². The standard InChI is InChI=1S/C11H15F3N2O2S/c1-2-15-9-5-3-4-6-10(9)19(17,18)16-8-7-11(12,13)14/h3-6,15-16H,2,7-8H2,1H3. The molecule has 0 radical (unpaired) electrons. The monoisotopic (exact) mass is 296 g/mol. The molecular weight excluding hydrogens is 281 g/mol. The molecule has 0 aliphatic carbocycles. The molecule has 19 heavy (non-hydrogen) atoms. The molecule has 0 bridgehead atoms. The smallest absolute Gasteiger partial charge is 0.384 e. The molecule has 0 saturated carbocycles. The van der Waals surface area contributed by atoms with Gasteiger partial charge in [-0.2, -0.15) is 13.2 Å². The fourth-order valence-corrected chi connectivity index (χ4v) is 2.66. The first-order chi connectivity index (χ1) is 8.76. The van der Waals surface area contributed by atoms with Crippen LogP contribution in [0.25, 0.3) is 0 Å². The molecule has 0 fully saturated rings. The van der Waals surface area contributed by atoms with Gasteiger partial charge in [-0.05, 0) is 19.1 Å². The van der Waals surface area contributed by atoms with Crippen LogP contribution in [0.5, 0.6) is 0 Å². The summed E-state index contributed by atoms with van der Waals surface area (Å²) >= 11 is 0. The lowest BCUT2D eigenvalue weighted by Crippen LogP contribution is -2.28. The van der Waals surface area contributed by atoms with E-state index in [-0.39, 0.29) is 4.90 Å². The first-order valence-corrected chi connectivity index (χ1v) is 7.14. The SMILES string of the molecule is CCNc1ccccc1S(=O)(=O)NCCC(F)(F)F. The van der Waals surface area contributed by atoms with Crippen molar-refractivity contribution in [1.82, 2.24) is 4.72 Å². The third kappa shape index (κ3) is 5.07. The molecule has 1 aromatic rings. The predicted octanol–water partition coefficient (Wildman–Crippen LogP) is 2.35. The lowest BCUT2D eigenvalue weighted by Gasteiger charge is -2.12. The van der Waals surface area contributed by atoms with Gasteiger partial charge in [-0.15, -0.1) is 0 Å². The van der Waals surface area contributed by atoms with Gasteiger partial charge in [0.25, 0.3) is 0 Å². The minimum absolute atomic E-state index is 0.0565. The molecule has 0 aliphatic rings. The van der Waals surface area contributed by atoms with Gasteiger partial charge in [0, 0.05) is 13.1 Å². The number of hydrogen-bond donors (Lipinski definition) is 2. The molecule has 0 unspecified atom stereocenters. The highest BCUT2D eigenvalue weighted by atomic mass is 32.2. The normalized spacial score (nSPS) is 12.4. The number of alkyl halides is 3. The Morgan fingerprint density at radius 3 is 2.42 bits per heavy atom. The summed E-state index contributed by atoms with van der Waals surface area (Å²) in [5, 5.41) is 2.85. The van der Waals surface area contributed by atoms with E-state index in [9.17, 15) is 21.6 Å². The van der Waals surface area contributed by atoms with Gasteiger partial charge < -0.3 is 5.32 Å². The van der Waals surface area contributed by atoms with E-state index in [0.29, 0.717) is 12.2 Å². The van der Waals surface area contributed by atoms with E-state index < -0.39 is 29.2 Å². The minimum atomic E-state index is -4.39. The summed E-state index contributed by atoms with van der Waals surface area (Å²) in [7, 11) is -3.95. The van der Waals surface area contributed by atoms with Crippen LogP contribution in [0, 0.1) is 0 Å². The maximum atomic E-state index is 12.0. The summed E-state index contributed by atoms with van der Waals surface area (Å²) in [6, 6.07) is 6.06. The Morgan fingerprint density at radius 2 is 1.84 bits per heavy atom. The molecular formula is C11H15F3N2O2S. The maximum Gasteiger partial charge on any atom is 0.390 e. The fraction of sp³-hybridized carbons (Fsp3) is 0.455. The van der Waals surface area contributed by atoms with E-state index in [0.717, 1.165) is 0 Å². The van der Waals surface area contributed by atoms with Gasteiger partial charge in [-0.25, -0.2) is 13.1 Å². The topological polar surface area (TPSA) is 58.2 Å². The Balaban J connectivity index is 2.83. The van der Waals surface area contributed by atoms with Crippen molar-refractivity contribution < 1.29 is 21.6 Å². The summed E-state index contributed by atoms with van der Waals surface area (Å²) in [5.74, 6) is 0. The zero-order valence-electron chi connectivity index (χ0n) is 10.3. The van der Waals surface area contributed by atoms with Crippen molar-refractivity contribution in [2.24, 2.45) is 0 Å². The highest BCUT2D eigenvalue weighted by Crippen LogP contribution is 2.22. The molecule has 0 aromatic heterocycles. The third-order valence-corrected chi connectivity index (χ3v) is 3.76. The minimum Gasteiger partial charge on any atom is -0.384 e. The van der Waals surface area contributed by atoms with Crippen molar-refractivity contribution >= 4 is 15.7 Å². The van der Waals surface area contributed by atoms with Crippen LogP contribution in [-0.2, 0) is 10.0 Å². The van der Waals surface area contributed by atoms with E-state index in [1.165, 1.54) is 12.1 Å². The van der Waals surface area contributed by atoms with E-state index in [4.69, 9.17) is 0 Å². The van der Waals surface area contributed by atoms with Crippen molar-refractivity contribution in [3.63, 3.8) is 0 Å². The Labute approximate surface area is 110 Å². The van der Waals surface area contributed by atoms with Crippen LogP contribution in [0.1, 0.15) is 13.3 Å². The van der Waals surface area contributed by atoms with Crippen molar-refractivity contribution in [2.45, 2.75) is 24.4 Å². The van der Waals surface area contributed by atoms with Crippen LogP contribution >= 0.6 is 0 Å². The Morgan fingerprint density at radius 1 is 1.21 bits per heavy atom. The highest BCUT2D eigenvalue weighted by molar-refractivity contribution is 7.89. The molecule has 0 spiro atoms. The Hall–Kier alpha value is -1.28. The quantitative estimate of drug-likeness (QED) is 0.847. The summed E-state index contributed by atoms with van der Waals surface area (Å²) in [4.78, 5) is -0.0565. The van der Waals surface area contributed by atoms with Gasteiger partial charge >= 0.3 is 6.18 Å². The molecule has 1 rings (SSSR count). The summed E-state index contributed by atoms with van der Waals surface area (Å²) < 4.78 is 61.7. The Bertz CT molecular complexity index is 515. The van der Waals surface area contributed by atoms with Crippen LogP contribution in [0.2, 0.25) is 0 Å². The van der Waals surface area contributed by atoms with Crippen molar-refractivity contribution in [3.05, 3.63) is 24.3 Å². The number of halogens is 3. The van der Waals surface area contributed by atoms with Crippen LogP contribution in [0.3, 0.4) is 0 Å². The molecule has 0 amide bonds. The van der Waals surface area contributed by atoms with Gasteiger partial charge in [0.15, 0.2) is 0 Å².